The monoisotopic (exact) mass is 1270 g/mol. The summed E-state index contributed by atoms with van der Waals surface area (Å²) in [7, 11) is 1.41. The van der Waals surface area contributed by atoms with Crippen LogP contribution >= 0.6 is 23.5 Å². The van der Waals surface area contributed by atoms with E-state index in [0.29, 0.717) is 34.2 Å². The number of benzene rings is 6. The van der Waals surface area contributed by atoms with Gasteiger partial charge in [-0.15, -0.1) is 0 Å². The lowest BCUT2D eigenvalue weighted by Gasteiger charge is -2.39. The summed E-state index contributed by atoms with van der Waals surface area (Å²) in [6.45, 7) is 20.2. The Bertz CT molecular complexity index is 3270. The molecule has 90 heavy (non-hydrogen) atoms. The number of hydrogen-bond acceptors (Lipinski definition) is 11. The number of ketones is 1. The van der Waals surface area contributed by atoms with Gasteiger partial charge in [0.15, 0.2) is 0 Å². The molecule has 6 fully saturated rings. The van der Waals surface area contributed by atoms with Crippen molar-refractivity contribution < 1.29 is 27.4 Å². The standard InChI is InChI=1S/C26H33NO3S.C26H33NOS.C20H23NOS.C6H10O/c1-20(22-16-18-27(19-17-22)23-6-4-3-5-7-23)21-8-12-25(13-9-21)31(28,29)26-14-10-24(30-2)11-15-26;1-20(22-16-18-27(19-17-22)23-6-4-3-5-7-23)21-8-12-25(13-9-21)29-26-14-10-24(28-2)11-15-26;1-15(17-11-13-21-14-12-17)16-3-7-19(8-4-16)23-20-9-5-18(22-2)6-10-20;7-6-4-2-1-3-5-6/h8-15,22-23H,1,3-7,16-19H2,2H3;8-15,22-23H,1,3-7,16-19H2,2H3;3-10,17,21H,1,11-14H2,2H3;1-5H2. The van der Waals surface area contributed by atoms with Crippen LogP contribution in [-0.2, 0) is 14.6 Å². The fraction of sp³-hybridized carbons (Fsp3) is 0.449. The molecule has 1 N–H and O–H groups in total. The van der Waals surface area contributed by atoms with Gasteiger partial charge < -0.3 is 29.3 Å². The molecule has 3 aliphatic heterocycles. The second kappa shape index (κ2) is 35.3. The van der Waals surface area contributed by atoms with E-state index < -0.39 is 9.84 Å². The lowest BCUT2D eigenvalue weighted by atomic mass is 9.84. The molecule has 0 atom stereocenters. The van der Waals surface area contributed by atoms with Crippen LogP contribution in [0, 0.1) is 17.8 Å². The molecule has 0 amide bonds. The zero-order valence-corrected chi connectivity index (χ0v) is 56.5. The fourth-order valence-electron chi connectivity index (χ4n) is 13.7. The van der Waals surface area contributed by atoms with E-state index in [-0.39, 0.29) is 4.90 Å². The molecule has 3 heterocycles. The minimum Gasteiger partial charge on any atom is -0.497 e. The van der Waals surface area contributed by atoms with Crippen molar-refractivity contribution in [2.45, 2.75) is 176 Å². The van der Waals surface area contributed by atoms with E-state index in [9.17, 15) is 13.2 Å². The van der Waals surface area contributed by atoms with Crippen molar-refractivity contribution >= 4 is 55.9 Å². The van der Waals surface area contributed by atoms with E-state index in [1.54, 1.807) is 81.3 Å². The highest BCUT2D eigenvalue weighted by molar-refractivity contribution is 7.99. The summed E-state index contributed by atoms with van der Waals surface area (Å²) >= 11 is 3.55. The number of piperidine rings is 3. The van der Waals surface area contributed by atoms with E-state index in [2.05, 4.69) is 108 Å². The molecule has 0 aromatic heterocycles. The first kappa shape index (κ1) is 68.5. The number of carbonyl (C=O) groups excluding carboxylic acids is 1. The van der Waals surface area contributed by atoms with Gasteiger partial charge in [-0.05, 0) is 277 Å². The molecule has 3 saturated carbocycles. The van der Waals surface area contributed by atoms with Crippen LogP contribution in [0.5, 0.6) is 17.2 Å². The summed E-state index contributed by atoms with van der Waals surface area (Å²) in [5.41, 5.74) is 7.37. The third kappa shape index (κ3) is 20.1. The first-order chi connectivity index (χ1) is 43.9. The molecule has 0 unspecified atom stereocenters. The zero-order chi connectivity index (χ0) is 63.1. The van der Waals surface area contributed by atoms with E-state index in [1.807, 2.05) is 36.4 Å². The van der Waals surface area contributed by atoms with Gasteiger partial charge in [-0.2, -0.15) is 0 Å². The second-order valence-corrected chi connectivity index (χ2v) is 29.5. The van der Waals surface area contributed by atoms with Gasteiger partial charge in [0.25, 0.3) is 0 Å². The Morgan fingerprint density at radius 2 is 0.689 bits per heavy atom. The molecule has 480 valence electrons. The smallest absolute Gasteiger partial charge is 0.206 e. The molecule has 6 aliphatic rings. The molecular weight excluding hydrogens is 1170 g/mol. The molecule has 12 heteroatoms. The number of Topliss-reactive ketones (excluding diaryl/α,β-unsaturated/α-hetero) is 1. The Morgan fingerprint density at radius 3 is 1.01 bits per heavy atom. The van der Waals surface area contributed by atoms with Gasteiger partial charge in [0.2, 0.25) is 9.84 Å². The van der Waals surface area contributed by atoms with Crippen molar-refractivity contribution in [1.29, 1.82) is 0 Å². The van der Waals surface area contributed by atoms with Gasteiger partial charge in [0.05, 0.1) is 31.1 Å². The maximum atomic E-state index is 12.9. The van der Waals surface area contributed by atoms with E-state index in [0.717, 1.165) is 99.4 Å². The number of nitrogens with one attached hydrogen (secondary N) is 1. The van der Waals surface area contributed by atoms with Crippen LogP contribution in [0.25, 0.3) is 16.7 Å². The van der Waals surface area contributed by atoms with Crippen LogP contribution in [0.2, 0.25) is 0 Å². The van der Waals surface area contributed by atoms with Crippen molar-refractivity contribution in [2.24, 2.45) is 17.8 Å². The lowest BCUT2D eigenvalue weighted by molar-refractivity contribution is -0.120. The van der Waals surface area contributed by atoms with Crippen LogP contribution in [0.4, 0.5) is 0 Å². The minimum atomic E-state index is -3.54. The van der Waals surface area contributed by atoms with E-state index >= 15 is 0 Å². The normalized spacial score (nSPS) is 18.5. The molecule has 6 aromatic carbocycles. The predicted molar refractivity (Wildman–Crippen MR) is 375 cm³/mol. The van der Waals surface area contributed by atoms with Crippen LogP contribution in [0.3, 0.4) is 0 Å². The number of ether oxygens (including phenoxy) is 3. The van der Waals surface area contributed by atoms with Gasteiger partial charge >= 0.3 is 0 Å². The average Bonchev–Trinajstić information content (AvgIpc) is 2.13. The number of carbonyl (C=O) groups is 1. The number of methoxy groups -OCH3 is 3. The number of likely N-dealkylation sites (tertiary alicyclic amines) is 2. The van der Waals surface area contributed by atoms with Crippen molar-refractivity contribution in [3.63, 3.8) is 0 Å². The van der Waals surface area contributed by atoms with Gasteiger partial charge in [-0.25, -0.2) is 8.42 Å². The molecule has 0 spiro atoms. The van der Waals surface area contributed by atoms with Crippen molar-refractivity contribution in [3.8, 4) is 17.2 Å². The van der Waals surface area contributed by atoms with Crippen LogP contribution in [-0.4, -0.2) is 96.7 Å². The van der Waals surface area contributed by atoms with Crippen LogP contribution in [0.15, 0.2) is 195 Å². The van der Waals surface area contributed by atoms with Gasteiger partial charge in [0.1, 0.15) is 23.0 Å². The third-order valence-corrected chi connectivity index (χ3v) is 23.2. The Balaban J connectivity index is 0.000000153. The molecule has 3 aliphatic carbocycles. The van der Waals surface area contributed by atoms with Crippen molar-refractivity contribution in [1.82, 2.24) is 15.1 Å². The quantitative estimate of drug-likeness (QED) is 0.0945. The second-order valence-electron chi connectivity index (χ2n) is 25.2. The predicted octanol–water partition coefficient (Wildman–Crippen LogP) is 18.9. The summed E-state index contributed by atoms with van der Waals surface area (Å²) in [6.07, 6.45) is 26.4. The Labute approximate surface area is 548 Å². The zero-order valence-electron chi connectivity index (χ0n) is 54.0. The SMILES string of the molecule is C=C(c1ccc(S(=O)(=O)c2ccc(OC)cc2)cc1)C1CCN(C2CCCCC2)CC1.C=C(c1ccc(Sc2ccc(OC)cc2)cc1)C1CCN(C2CCCCC2)CC1.C=C(c1ccc(Sc2ccc(OC)cc2)cc1)C1CCNCC1.O=C1CCCCC1. The lowest BCUT2D eigenvalue weighted by Crippen LogP contribution is -2.42. The Hall–Kier alpha value is -5.86. The summed E-state index contributed by atoms with van der Waals surface area (Å²) in [5.74, 6) is 4.63. The first-order valence-electron chi connectivity index (χ1n) is 33.5. The van der Waals surface area contributed by atoms with Crippen LogP contribution < -0.4 is 19.5 Å². The molecule has 9 nitrogen and oxygen atoms in total. The summed E-state index contributed by atoms with van der Waals surface area (Å²) in [4.78, 5) is 21.4. The third-order valence-electron chi connectivity index (χ3n) is 19.4. The topological polar surface area (TPSA) is 97.4 Å². The molecule has 0 radical (unpaired) electrons. The number of sulfone groups is 1. The van der Waals surface area contributed by atoms with Crippen molar-refractivity contribution in [3.05, 3.63) is 182 Å². The maximum Gasteiger partial charge on any atom is 0.206 e. The van der Waals surface area contributed by atoms with E-state index in [1.165, 1.54) is 151 Å². The largest absolute Gasteiger partial charge is 0.497 e. The maximum absolute atomic E-state index is 12.9. The molecular formula is C78H99N3O6S3. The number of allylic oxidation sites excluding steroid dienone is 3. The highest BCUT2D eigenvalue weighted by Gasteiger charge is 2.30. The fourth-order valence-corrected chi connectivity index (χ4v) is 16.6. The van der Waals surface area contributed by atoms with Gasteiger partial charge in [-0.3, -0.25) is 4.79 Å². The molecule has 12 rings (SSSR count). The number of rotatable bonds is 17. The number of nitrogens with zero attached hydrogens (tertiary/aromatic N) is 2. The van der Waals surface area contributed by atoms with Crippen molar-refractivity contribution in [2.75, 3.05) is 60.6 Å². The first-order valence-corrected chi connectivity index (χ1v) is 36.6. The molecule has 0 bridgehead atoms. The molecule has 6 aromatic rings. The summed E-state index contributed by atoms with van der Waals surface area (Å²) < 4.78 is 41.4. The summed E-state index contributed by atoms with van der Waals surface area (Å²) in [5, 5.41) is 3.41. The highest BCUT2D eigenvalue weighted by atomic mass is 32.2. The van der Waals surface area contributed by atoms with Gasteiger partial charge in [-0.1, -0.05) is 125 Å². The average molecular weight is 1270 g/mol. The van der Waals surface area contributed by atoms with Gasteiger partial charge in [0, 0.05) is 44.5 Å². The number of hydrogen-bond donors (Lipinski definition) is 1. The highest BCUT2D eigenvalue weighted by Crippen LogP contribution is 2.38. The molecule has 3 saturated heterocycles. The Kier molecular flexibility index (Phi) is 26.8. The van der Waals surface area contributed by atoms with Crippen LogP contribution in [0.1, 0.15) is 152 Å². The minimum absolute atomic E-state index is 0.273. The van der Waals surface area contributed by atoms with E-state index in [4.69, 9.17) is 14.2 Å². The Morgan fingerprint density at radius 1 is 0.400 bits per heavy atom. The summed E-state index contributed by atoms with van der Waals surface area (Å²) in [6, 6.07) is 49.5.